The number of para-hydroxylation sites is 1. The predicted octanol–water partition coefficient (Wildman–Crippen LogP) is 4.76. The van der Waals surface area contributed by atoms with Crippen LogP contribution in [0.1, 0.15) is 23.9 Å². The van der Waals surface area contributed by atoms with Gasteiger partial charge in [-0.1, -0.05) is 29.8 Å². The van der Waals surface area contributed by atoms with Crippen LogP contribution in [0.5, 0.6) is 5.75 Å². The van der Waals surface area contributed by atoms with Crippen molar-refractivity contribution in [2.75, 3.05) is 11.9 Å². The third-order valence-electron chi connectivity index (χ3n) is 4.61. The van der Waals surface area contributed by atoms with Crippen molar-refractivity contribution in [3.63, 3.8) is 0 Å². The van der Waals surface area contributed by atoms with E-state index in [2.05, 4.69) is 56.4 Å². The highest BCUT2D eigenvalue weighted by molar-refractivity contribution is 7.98. The third-order valence-corrected chi connectivity index (χ3v) is 5.66. The van der Waals surface area contributed by atoms with Crippen LogP contribution in [0.15, 0.2) is 58.2 Å². The first-order valence-electron chi connectivity index (χ1n) is 9.98. The highest BCUT2D eigenvalue weighted by Gasteiger charge is 2.11. The van der Waals surface area contributed by atoms with Crippen LogP contribution in [0.2, 0.25) is 0 Å². The van der Waals surface area contributed by atoms with E-state index < -0.39 is 0 Å². The van der Waals surface area contributed by atoms with Crippen LogP contribution in [-0.4, -0.2) is 26.5 Å². The Kier molecular flexibility index (Phi) is 6.18. The molecule has 31 heavy (non-hydrogen) atoms. The number of H-pyrrole nitrogens is 1. The molecule has 0 bridgehead atoms. The van der Waals surface area contributed by atoms with Gasteiger partial charge in [0, 0.05) is 22.1 Å². The average molecular weight is 434 g/mol. The number of hydrogen-bond acceptors (Lipinski definition) is 7. The molecule has 0 radical (unpaired) electrons. The van der Waals surface area contributed by atoms with E-state index in [1.807, 2.05) is 32.0 Å². The zero-order chi connectivity index (χ0) is 21.8. The predicted molar refractivity (Wildman–Crippen MR) is 124 cm³/mol. The summed E-state index contributed by atoms with van der Waals surface area (Å²) >= 11 is 1.63. The largest absolute Gasteiger partial charge is 0.492 e. The number of rotatable bonds is 7. The van der Waals surface area contributed by atoms with Gasteiger partial charge in [-0.2, -0.15) is 0 Å². The lowest BCUT2D eigenvalue weighted by molar-refractivity contribution is 0.343. The molecule has 0 saturated heterocycles. The number of nitrogens with zero attached hydrogens (tertiary/aromatic N) is 3. The van der Waals surface area contributed by atoms with Crippen LogP contribution < -0.4 is 15.6 Å². The lowest BCUT2D eigenvalue weighted by atomic mass is 10.2. The molecule has 0 atom stereocenters. The van der Waals surface area contributed by atoms with Gasteiger partial charge in [0.2, 0.25) is 11.9 Å². The van der Waals surface area contributed by atoms with E-state index in [1.54, 1.807) is 11.8 Å². The fraction of sp³-hybridized carbons (Fsp3) is 0.217. The quantitative estimate of drug-likeness (QED) is 0.406. The molecule has 0 spiro atoms. The highest BCUT2D eigenvalue weighted by Crippen LogP contribution is 2.27. The lowest BCUT2D eigenvalue weighted by Gasteiger charge is -2.11. The van der Waals surface area contributed by atoms with Crippen LogP contribution in [0.4, 0.5) is 11.9 Å². The van der Waals surface area contributed by atoms with Crippen LogP contribution in [0.3, 0.4) is 0 Å². The first-order chi connectivity index (χ1) is 15.0. The number of thioether (sulfide) groups is 1. The standard InChI is InChI=1S/C23H23N5O2S/c1-4-30-19-7-5-6-18-15(3)24-22(27-21(18)19)28-23-25-16(12-20(29)26-23)13-31-17-10-8-14(2)9-11-17/h5-12H,4,13H2,1-3H3,(H2,24,25,26,27,28,29). The van der Waals surface area contributed by atoms with Crippen molar-refractivity contribution in [3.05, 3.63) is 75.8 Å². The molecule has 0 amide bonds. The van der Waals surface area contributed by atoms with Crippen molar-refractivity contribution >= 4 is 34.6 Å². The Morgan fingerprint density at radius 3 is 2.65 bits per heavy atom. The van der Waals surface area contributed by atoms with Crippen molar-refractivity contribution in [2.24, 2.45) is 0 Å². The molecule has 0 unspecified atom stereocenters. The molecule has 0 fully saturated rings. The molecule has 2 N–H and O–H groups in total. The van der Waals surface area contributed by atoms with Gasteiger partial charge in [-0.3, -0.25) is 15.1 Å². The van der Waals surface area contributed by atoms with Crippen molar-refractivity contribution in [2.45, 2.75) is 31.4 Å². The first-order valence-corrected chi connectivity index (χ1v) is 11.0. The number of nitrogens with one attached hydrogen (secondary N) is 2. The van der Waals surface area contributed by atoms with Gasteiger partial charge in [-0.05, 0) is 39.0 Å². The van der Waals surface area contributed by atoms with Crippen LogP contribution in [0.25, 0.3) is 10.9 Å². The molecule has 2 aromatic carbocycles. The molecule has 4 rings (SSSR count). The Balaban J connectivity index is 1.59. The molecule has 8 heteroatoms. The number of aromatic nitrogens is 4. The molecule has 0 aliphatic heterocycles. The summed E-state index contributed by atoms with van der Waals surface area (Å²) in [6, 6.07) is 15.5. The number of hydrogen-bond donors (Lipinski definition) is 2. The topological polar surface area (TPSA) is 92.8 Å². The maximum atomic E-state index is 12.2. The molecule has 2 heterocycles. The van der Waals surface area contributed by atoms with Crippen molar-refractivity contribution < 1.29 is 4.74 Å². The smallest absolute Gasteiger partial charge is 0.252 e. The van der Waals surface area contributed by atoms with Crippen molar-refractivity contribution in [1.82, 2.24) is 19.9 Å². The minimum atomic E-state index is -0.232. The Morgan fingerprint density at radius 1 is 1.06 bits per heavy atom. The Morgan fingerprint density at radius 2 is 1.87 bits per heavy atom. The third kappa shape index (κ3) is 5.03. The molecular formula is C23H23N5O2S. The molecule has 158 valence electrons. The van der Waals surface area contributed by atoms with Gasteiger partial charge in [0.1, 0.15) is 11.3 Å². The average Bonchev–Trinajstić information content (AvgIpc) is 2.74. The molecule has 0 aliphatic rings. The van der Waals surface area contributed by atoms with E-state index in [1.165, 1.54) is 11.6 Å². The fourth-order valence-electron chi connectivity index (χ4n) is 3.15. The van der Waals surface area contributed by atoms with E-state index in [-0.39, 0.29) is 5.56 Å². The number of anilines is 2. The molecule has 2 aromatic heterocycles. The highest BCUT2D eigenvalue weighted by atomic mass is 32.2. The van der Waals surface area contributed by atoms with Crippen molar-refractivity contribution in [1.29, 1.82) is 0 Å². The summed E-state index contributed by atoms with van der Waals surface area (Å²) in [5, 5.41) is 3.96. The van der Waals surface area contributed by atoms with Gasteiger partial charge in [0.15, 0.2) is 0 Å². The molecule has 0 aliphatic carbocycles. The Bertz CT molecular complexity index is 1270. The zero-order valence-electron chi connectivity index (χ0n) is 17.6. The summed E-state index contributed by atoms with van der Waals surface area (Å²) in [5.74, 6) is 1.93. The summed E-state index contributed by atoms with van der Waals surface area (Å²) < 4.78 is 5.70. The second-order valence-electron chi connectivity index (χ2n) is 7.03. The maximum Gasteiger partial charge on any atom is 0.252 e. The summed E-state index contributed by atoms with van der Waals surface area (Å²) in [7, 11) is 0. The van der Waals surface area contributed by atoms with E-state index in [9.17, 15) is 4.79 Å². The van der Waals surface area contributed by atoms with E-state index in [0.717, 1.165) is 16.0 Å². The fourth-order valence-corrected chi connectivity index (χ4v) is 3.94. The summed E-state index contributed by atoms with van der Waals surface area (Å²) in [6.07, 6.45) is 0. The second-order valence-corrected chi connectivity index (χ2v) is 8.08. The van der Waals surface area contributed by atoms with E-state index in [4.69, 9.17) is 4.74 Å². The van der Waals surface area contributed by atoms with Gasteiger partial charge in [-0.15, -0.1) is 11.8 Å². The molecule has 7 nitrogen and oxygen atoms in total. The Labute approximate surface area is 184 Å². The van der Waals surface area contributed by atoms with E-state index >= 15 is 0 Å². The number of benzene rings is 2. The summed E-state index contributed by atoms with van der Waals surface area (Å²) in [6.45, 7) is 6.44. The molecule has 4 aromatic rings. The zero-order valence-corrected chi connectivity index (χ0v) is 18.4. The Hall–Kier alpha value is -3.39. The minimum Gasteiger partial charge on any atom is -0.492 e. The van der Waals surface area contributed by atoms with Crippen LogP contribution in [-0.2, 0) is 5.75 Å². The van der Waals surface area contributed by atoms with Gasteiger partial charge in [-0.25, -0.2) is 15.0 Å². The van der Waals surface area contributed by atoms with E-state index in [0.29, 0.717) is 41.2 Å². The second kappa shape index (κ2) is 9.18. The summed E-state index contributed by atoms with van der Waals surface area (Å²) in [4.78, 5) is 29.6. The number of aryl methyl sites for hydroxylation is 2. The lowest BCUT2D eigenvalue weighted by Crippen LogP contribution is -2.13. The maximum absolute atomic E-state index is 12.2. The van der Waals surface area contributed by atoms with Crippen LogP contribution >= 0.6 is 11.8 Å². The van der Waals surface area contributed by atoms with Gasteiger partial charge < -0.3 is 4.74 Å². The monoisotopic (exact) mass is 433 g/mol. The normalized spacial score (nSPS) is 10.9. The molecule has 0 saturated carbocycles. The number of fused-ring (bicyclic) bond motifs is 1. The molecular weight excluding hydrogens is 410 g/mol. The van der Waals surface area contributed by atoms with Gasteiger partial charge >= 0.3 is 0 Å². The SMILES string of the molecule is CCOc1cccc2c(C)nc(Nc3nc(CSc4ccc(C)cc4)cc(=O)[nH]3)nc12. The number of aromatic amines is 1. The first kappa shape index (κ1) is 20.9. The van der Waals surface area contributed by atoms with Crippen molar-refractivity contribution in [3.8, 4) is 5.75 Å². The van der Waals surface area contributed by atoms with Gasteiger partial charge in [0.05, 0.1) is 18.0 Å². The van der Waals surface area contributed by atoms with Gasteiger partial charge in [0.25, 0.3) is 5.56 Å². The summed E-state index contributed by atoms with van der Waals surface area (Å²) in [5.41, 5.74) is 3.17. The van der Waals surface area contributed by atoms with Crippen LogP contribution in [0, 0.1) is 13.8 Å². The number of ether oxygens (including phenoxy) is 1. The minimum absolute atomic E-state index is 0.232.